The van der Waals surface area contributed by atoms with Crippen molar-refractivity contribution in [3.8, 4) is 0 Å². The highest BCUT2D eigenvalue weighted by Crippen LogP contribution is 2.71. The van der Waals surface area contributed by atoms with Gasteiger partial charge in [-0.05, 0) is 92.8 Å². The van der Waals surface area contributed by atoms with E-state index in [9.17, 15) is 14.7 Å². The van der Waals surface area contributed by atoms with Crippen LogP contribution in [0.2, 0.25) is 0 Å². The molecule has 6 fully saturated rings. The fraction of sp³-hybridized carbons (Fsp3) is 0.882. The fourth-order valence-electron chi connectivity index (χ4n) is 11.5. The van der Waals surface area contributed by atoms with E-state index in [-0.39, 0.29) is 46.8 Å². The third kappa shape index (κ3) is 3.93. The number of esters is 1. The number of likely N-dealkylation sites (tertiary alicyclic amines) is 1. The number of aliphatic hydroxyl groups is 1. The Bertz CT molecular complexity index is 1110. The lowest BCUT2D eigenvalue weighted by Crippen LogP contribution is -2.56. The molecule has 41 heavy (non-hydrogen) atoms. The zero-order valence-electron chi connectivity index (χ0n) is 25.8. The van der Waals surface area contributed by atoms with Crippen molar-refractivity contribution in [2.75, 3.05) is 20.3 Å². The molecule has 7 aliphatic rings. The first-order valence-corrected chi connectivity index (χ1v) is 16.6. The Morgan fingerprint density at radius 1 is 1.07 bits per heavy atom. The Labute approximate surface area is 245 Å². The zero-order chi connectivity index (χ0) is 28.9. The smallest absolute Gasteiger partial charge is 0.328 e. The number of hydrogen-bond acceptors (Lipinski definition) is 6. The van der Waals surface area contributed by atoms with Gasteiger partial charge in [-0.3, -0.25) is 4.79 Å². The van der Waals surface area contributed by atoms with Gasteiger partial charge in [-0.2, -0.15) is 0 Å². The van der Waals surface area contributed by atoms with Gasteiger partial charge in [0, 0.05) is 35.8 Å². The van der Waals surface area contributed by atoms with Gasteiger partial charge in [0.05, 0.1) is 25.9 Å². The molecule has 13 atom stereocenters. The lowest BCUT2D eigenvalue weighted by Gasteiger charge is -2.60. The van der Waals surface area contributed by atoms with Crippen LogP contribution in [-0.4, -0.2) is 66.2 Å². The molecule has 3 heterocycles. The van der Waals surface area contributed by atoms with Gasteiger partial charge in [0.25, 0.3) is 5.91 Å². The fourth-order valence-corrected chi connectivity index (χ4v) is 11.5. The van der Waals surface area contributed by atoms with Crippen LogP contribution in [-0.2, 0) is 23.8 Å². The van der Waals surface area contributed by atoms with Gasteiger partial charge in [-0.25, -0.2) is 4.79 Å². The first-order chi connectivity index (χ1) is 19.5. The minimum atomic E-state index is -0.549. The maximum absolute atomic E-state index is 14.8. The molecule has 3 saturated heterocycles. The number of aliphatic hydroxyl groups excluding tert-OH is 1. The normalized spacial score (nSPS) is 52.3. The van der Waals surface area contributed by atoms with Gasteiger partial charge < -0.3 is 24.2 Å². The van der Waals surface area contributed by atoms with Gasteiger partial charge >= 0.3 is 5.97 Å². The van der Waals surface area contributed by atoms with Gasteiger partial charge in [-0.1, -0.05) is 33.8 Å². The summed E-state index contributed by atoms with van der Waals surface area (Å²) in [7, 11) is 1.43. The van der Waals surface area contributed by atoms with Crippen molar-refractivity contribution in [3.05, 3.63) is 11.6 Å². The van der Waals surface area contributed by atoms with Crippen LogP contribution in [0.15, 0.2) is 11.6 Å². The van der Waals surface area contributed by atoms with Crippen molar-refractivity contribution >= 4 is 11.9 Å². The van der Waals surface area contributed by atoms with Gasteiger partial charge in [0.15, 0.2) is 5.79 Å². The second-order valence-electron chi connectivity index (χ2n) is 15.5. The van der Waals surface area contributed by atoms with Crippen LogP contribution in [0.25, 0.3) is 0 Å². The predicted octanol–water partition coefficient (Wildman–Crippen LogP) is 5.10. The number of methoxy groups -OCH3 is 1. The summed E-state index contributed by atoms with van der Waals surface area (Å²) in [4.78, 5) is 29.4. The number of hydrogen-bond donors (Lipinski definition) is 1. The first kappa shape index (κ1) is 28.3. The van der Waals surface area contributed by atoms with Gasteiger partial charge in [0.1, 0.15) is 6.04 Å². The molecule has 1 spiro atoms. The molecule has 0 radical (unpaired) electrons. The molecular formula is C34H51NO6. The molecule has 0 bridgehead atoms. The van der Waals surface area contributed by atoms with Crippen molar-refractivity contribution in [3.63, 3.8) is 0 Å². The van der Waals surface area contributed by atoms with Crippen molar-refractivity contribution in [1.82, 2.24) is 4.90 Å². The minimum absolute atomic E-state index is 0.0393. The summed E-state index contributed by atoms with van der Waals surface area (Å²) in [5, 5.41) is 10.6. The standard InChI is InChI=1S/C34H51NO6/c1-19-10-13-34(40-18-19)20(2)29-28(41-34)17-25-23-9-8-21-15-22(36)11-12-32(21,3)24(23)16-26(33(25,29)4)30(37)35-14-6-7-27(35)31(38)39-5/h16,19-25,27-29,36H,6-15,17-18H2,1-5H3/t19-,20+,21+,22+,23-,24+,25+,27?,28+,29+,32+,33-,34-/m1/s1. The molecule has 1 unspecified atom stereocenters. The van der Waals surface area contributed by atoms with E-state index >= 15 is 0 Å². The quantitative estimate of drug-likeness (QED) is 0.466. The summed E-state index contributed by atoms with van der Waals surface area (Å²) in [6.45, 7) is 10.7. The highest BCUT2D eigenvalue weighted by atomic mass is 16.7. The third-order valence-corrected chi connectivity index (χ3v) is 13.8. The molecule has 0 aromatic heterocycles. The summed E-state index contributed by atoms with van der Waals surface area (Å²) >= 11 is 0. The monoisotopic (exact) mass is 569 g/mol. The molecule has 1 amide bonds. The minimum Gasteiger partial charge on any atom is -0.467 e. The SMILES string of the molecule is COC(=O)C1CCCN1C(=O)C1=C[C@H]2[C@@H](CC[C@H]3C[C@@H](O)CC[C@@]32C)[C@@H]2C[C@@H]3O[C@]4(CC[C@@H](C)CO4)[C@@H](C)[C@@H]3[C@@]12C. The van der Waals surface area contributed by atoms with E-state index in [1.807, 2.05) is 4.90 Å². The number of allylic oxidation sites excluding steroid dienone is 1. The number of rotatable bonds is 2. The Kier molecular flexibility index (Phi) is 6.76. The second-order valence-corrected chi connectivity index (χ2v) is 15.5. The molecule has 0 aromatic rings. The summed E-state index contributed by atoms with van der Waals surface area (Å²) in [5.41, 5.74) is 0.672. The Morgan fingerprint density at radius 2 is 1.88 bits per heavy atom. The topological polar surface area (TPSA) is 85.3 Å². The number of nitrogens with zero attached hydrogens (tertiary/aromatic N) is 1. The number of amides is 1. The Balaban J connectivity index is 1.31. The van der Waals surface area contributed by atoms with Crippen LogP contribution < -0.4 is 0 Å². The number of carbonyl (C=O) groups is 2. The largest absolute Gasteiger partial charge is 0.467 e. The molecule has 7 rings (SSSR count). The number of fused-ring (bicyclic) bond motifs is 7. The molecule has 228 valence electrons. The predicted molar refractivity (Wildman–Crippen MR) is 153 cm³/mol. The molecule has 7 heteroatoms. The molecule has 0 aromatic carbocycles. The lowest BCUT2D eigenvalue weighted by molar-refractivity contribution is -0.272. The average Bonchev–Trinajstić information content (AvgIpc) is 3.63. The van der Waals surface area contributed by atoms with Crippen LogP contribution in [0.3, 0.4) is 0 Å². The summed E-state index contributed by atoms with van der Waals surface area (Å²) in [6, 6.07) is -0.503. The molecule has 4 aliphatic carbocycles. The summed E-state index contributed by atoms with van der Waals surface area (Å²) < 4.78 is 18.7. The van der Waals surface area contributed by atoms with Crippen LogP contribution >= 0.6 is 0 Å². The molecular weight excluding hydrogens is 518 g/mol. The number of ether oxygens (including phenoxy) is 3. The highest BCUT2D eigenvalue weighted by Gasteiger charge is 2.71. The third-order valence-electron chi connectivity index (χ3n) is 13.8. The first-order valence-electron chi connectivity index (χ1n) is 16.6. The maximum atomic E-state index is 14.8. The van der Waals surface area contributed by atoms with E-state index in [1.165, 1.54) is 7.11 Å². The maximum Gasteiger partial charge on any atom is 0.328 e. The zero-order valence-corrected chi connectivity index (χ0v) is 25.8. The van der Waals surface area contributed by atoms with E-state index in [1.54, 1.807) is 0 Å². The summed E-state index contributed by atoms with van der Waals surface area (Å²) in [6.07, 6.45) is 11.8. The van der Waals surface area contributed by atoms with Crippen molar-refractivity contribution < 1.29 is 28.9 Å². The van der Waals surface area contributed by atoms with Crippen LogP contribution in [0.5, 0.6) is 0 Å². The molecule has 3 aliphatic heterocycles. The average molecular weight is 570 g/mol. The van der Waals surface area contributed by atoms with E-state index < -0.39 is 11.8 Å². The molecule has 1 N–H and O–H groups in total. The van der Waals surface area contributed by atoms with Crippen LogP contribution in [0.1, 0.15) is 91.9 Å². The number of carbonyl (C=O) groups excluding carboxylic acids is 2. The van der Waals surface area contributed by atoms with Crippen molar-refractivity contribution in [2.24, 2.45) is 52.3 Å². The van der Waals surface area contributed by atoms with Crippen molar-refractivity contribution in [2.45, 2.75) is 116 Å². The van der Waals surface area contributed by atoms with E-state index in [2.05, 4.69) is 33.8 Å². The van der Waals surface area contributed by atoms with E-state index in [4.69, 9.17) is 14.2 Å². The lowest BCUT2D eigenvalue weighted by atomic mass is 9.45. The summed E-state index contributed by atoms with van der Waals surface area (Å²) in [5.74, 6) is 1.78. The second kappa shape index (κ2) is 9.79. The van der Waals surface area contributed by atoms with Crippen LogP contribution in [0, 0.1) is 52.3 Å². The Morgan fingerprint density at radius 3 is 2.61 bits per heavy atom. The molecule has 3 saturated carbocycles. The Hall–Kier alpha value is -1.44. The van der Waals surface area contributed by atoms with Gasteiger partial charge in [0.2, 0.25) is 0 Å². The van der Waals surface area contributed by atoms with E-state index in [0.717, 1.165) is 70.0 Å². The van der Waals surface area contributed by atoms with E-state index in [0.29, 0.717) is 42.6 Å². The van der Waals surface area contributed by atoms with Crippen molar-refractivity contribution in [1.29, 1.82) is 0 Å². The molecule has 7 nitrogen and oxygen atoms in total. The van der Waals surface area contributed by atoms with Gasteiger partial charge in [-0.15, -0.1) is 0 Å². The van der Waals surface area contributed by atoms with Crippen LogP contribution in [0.4, 0.5) is 0 Å². The highest BCUT2D eigenvalue weighted by molar-refractivity contribution is 5.98.